The quantitative estimate of drug-likeness (QED) is 0.856. The Kier molecular flexibility index (Phi) is 4.25. The number of benzene rings is 1. The predicted molar refractivity (Wildman–Crippen MR) is 74.1 cm³/mol. The van der Waals surface area contributed by atoms with Gasteiger partial charge in [0.1, 0.15) is 5.82 Å². The molecule has 108 valence electrons. The normalized spacial score (nSPS) is 24.4. The molecule has 0 unspecified atom stereocenters. The lowest BCUT2D eigenvalue weighted by Crippen LogP contribution is -2.34. The fraction of sp³-hybridized carbons (Fsp3) is 0.429. The zero-order valence-electron chi connectivity index (χ0n) is 11.1. The minimum absolute atomic E-state index is 0.107. The number of hydrogen-bond donors (Lipinski definition) is 1. The largest absolute Gasteiger partial charge is 0.387 e. The SMILES string of the molecule is C[C@@H]1C(=O)N(C[C@@H](O)c2ccc(F)c(Br)c2)C(=O)[C@H]1C. The fourth-order valence-corrected chi connectivity index (χ4v) is 2.60. The van der Waals surface area contributed by atoms with Gasteiger partial charge in [-0.1, -0.05) is 19.9 Å². The monoisotopic (exact) mass is 343 g/mol. The maximum Gasteiger partial charge on any atom is 0.232 e. The second-order valence-electron chi connectivity index (χ2n) is 5.05. The molecule has 0 spiro atoms. The van der Waals surface area contributed by atoms with Gasteiger partial charge in [0.25, 0.3) is 0 Å². The molecule has 4 nitrogen and oxygen atoms in total. The van der Waals surface area contributed by atoms with Gasteiger partial charge in [0.05, 0.1) is 17.1 Å². The summed E-state index contributed by atoms with van der Waals surface area (Å²) in [6.45, 7) is 3.29. The molecule has 1 aliphatic heterocycles. The molecule has 1 fully saturated rings. The molecule has 3 atom stereocenters. The van der Waals surface area contributed by atoms with E-state index in [2.05, 4.69) is 15.9 Å². The van der Waals surface area contributed by atoms with Gasteiger partial charge in [0, 0.05) is 11.8 Å². The summed E-state index contributed by atoms with van der Waals surface area (Å²) in [6, 6.07) is 4.10. The van der Waals surface area contributed by atoms with Gasteiger partial charge in [-0.15, -0.1) is 0 Å². The molecule has 1 aromatic carbocycles. The molecule has 0 bridgehead atoms. The van der Waals surface area contributed by atoms with Crippen LogP contribution in [0.2, 0.25) is 0 Å². The topological polar surface area (TPSA) is 57.6 Å². The number of aliphatic hydroxyl groups excluding tert-OH is 1. The summed E-state index contributed by atoms with van der Waals surface area (Å²) in [4.78, 5) is 25.0. The van der Waals surface area contributed by atoms with Crippen LogP contribution in [0.3, 0.4) is 0 Å². The standard InChI is InChI=1S/C14H15BrFNO3/c1-7-8(2)14(20)17(13(7)19)6-12(18)9-3-4-11(16)10(15)5-9/h3-5,7-8,12,18H,6H2,1-2H3/t7-,8-,12+/m0/s1. The smallest absolute Gasteiger partial charge is 0.232 e. The van der Waals surface area contributed by atoms with Crippen LogP contribution in [0.5, 0.6) is 0 Å². The summed E-state index contributed by atoms with van der Waals surface area (Å²) in [7, 11) is 0. The maximum absolute atomic E-state index is 13.1. The molecular formula is C14H15BrFNO3. The lowest BCUT2D eigenvalue weighted by Gasteiger charge is -2.19. The van der Waals surface area contributed by atoms with E-state index in [9.17, 15) is 19.1 Å². The Labute approximate surface area is 124 Å². The molecule has 0 radical (unpaired) electrons. The number of hydrogen-bond acceptors (Lipinski definition) is 3. The first-order valence-electron chi connectivity index (χ1n) is 6.31. The second-order valence-corrected chi connectivity index (χ2v) is 5.91. The Hall–Kier alpha value is -1.27. The Morgan fingerprint density at radius 2 is 1.85 bits per heavy atom. The molecule has 2 rings (SSSR count). The van der Waals surface area contributed by atoms with Crippen LogP contribution >= 0.6 is 15.9 Å². The van der Waals surface area contributed by atoms with Crippen LogP contribution in [-0.4, -0.2) is 28.4 Å². The maximum atomic E-state index is 13.1. The van der Waals surface area contributed by atoms with Crippen molar-refractivity contribution in [3.63, 3.8) is 0 Å². The first-order valence-corrected chi connectivity index (χ1v) is 7.10. The molecule has 0 aliphatic carbocycles. The third kappa shape index (κ3) is 2.62. The molecule has 20 heavy (non-hydrogen) atoms. The van der Waals surface area contributed by atoms with Crippen LogP contribution in [0.15, 0.2) is 22.7 Å². The van der Waals surface area contributed by atoms with Crippen LogP contribution in [0.25, 0.3) is 0 Å². The highest BCUT2D eigenvalue weighted by Crippen LogP contribution is 2.28. The molecule has 1 aromatic rings. The number of imide groups is 1. The van der Waals surface area contributed by atoms with E-state index in [-0.39, 0.29) is 34.7 Å². The van der Waals surface area contributed by atoms with Crippen molar-refractivity contribution in [2.45, 2.75) is 20.0 Å². The molecule has 1 aliphatic rings. The summed E-state index contributed by atoms with van der Waals surface area (Å²) < 4.78 is 13.4. The van der Waals surface area contributed by atoms with E-state index in [1.807, 2.05) is 0 Å². The highest BCUT2D eigenvalue weighted by Gasteiger charge is 2.42. The minimum Gasteiger partial charge on any atom is -0.387 e. The third-order valence-corrected chi connectivity index (χ3v) is 4.35. The van der Waals surface area contributed by atoms with Gasteiger partial charge in [-0.2, -0.15) is 0 Å². The Balaban J connectivity index is 2.15. The van der Waals surface area contributed by atoms with E-state index in [1.54, 1.807) is 13.8 Å². The van der Waals surface area contributed by atoms with Gasteiger partial charge in [0.15, 0.2) is 0 Å². The number of rotatable bonds is 3. The van der Waals surface area contributed by atoms with Crippen LogP contribution in [0.1, 0.15) is 25.5 Å². The van der Waals surface area contributed by atoms with Gasteiger partial charge in [-0.3, -0.25) is 14.5 Å². The van der Waals surface area contributed by atoms with E-state index in [4.69, 9.17) is 0 Å². The van der Waals surface area contributed by atoms with E-state index in [1.165, 1.54) is 18.2 Å². The Bertz CT molecular complexity index is 543. The summed E-state index contributed by atoms with van der Waals surface area (Å²) in [6.07, 6.45) is -1.03. The van der Waals surface area contributed by atoms with Crippen LogP contribution in [0, 0.1) is 17.7 Å². The van der Waals surface area contributed by atoms with E-state index >= 15 is 0 Å². The summed E-state index contributed by atoms with van der Waals surface area (Å²) in [5.74, 6) is -1.72. The lowest BCUT2D eigenvalue weighted by molar-refractivity contribution is -0.141. The zero-order chi connectivity index (χ0) is 15.0. The zero-order valence-corrected chi connectivity index (χ0v) is 12.7. The molecular weight excluding hydrogens is 329 g/mol. The van der Waals surface area contributed by atoms with Crippen molar-refractivity contribution in [3.05, 3.63) is 34.1 Å². The average molecular weight is 344 g/mol. The van der Waals surface area contributed by atoms with Gasteiger partial charge < -0.3 is 5.11 Å². The number of amides is 2. The molecule has 0 aromatic heterocycles. The minimum atomic E-state index is -1.03. The third-order valence-electron chi connectivity index (χ3n) is 3.75. The number of halogens is 2. The van der Waals surface area contributed by atoms with E-state index in [0.29, 0.717) is 5.56 Å². The van der Waals surface area contributed by atoms with E-state index in [0.717, 1.165) is 4.90 Å². The molecule has 1 heterocycles. The summed E-state index contributed by atoms with van der Waals surface area (Å²) in [5, 5.41) is 10.1. The molecule has 1 N–H and O–H groups in total. The number of nitrogens with zero attached hydrogens (tertiary/aromatic N) is 1. The number of carbonyl (C=O) groups excluding carboxylic acids is 2. The fourth-order valence-electron chi connectivity index (χ4n) is 2.21. The summed E-state index contributed by atoms with van der Waals surface area (Å²) in [5.41, 5.74) is 0.450. The number of aliphatic hydroxyl groups is 1. The second kappa shape index (κ2) is 5.61. The van der Waals surface area contributed by atoms with Crippen molar-refractivity contribution in [2.24, 2.45) is 11.8 Å². The molecule has 6 heteroatoms. The van der Waals surface area contributed by atoms with E-state index < -0.39 is 11.9 Å². The van der Waals surface area contributed by atoms with Crippen molar-refractivity contribution in [3.8, 4) is 0 Å². The molecule has 1 saturated heterocycles. The van der Waals surface area contributed by atoms with Gasteiger partial charge in [0.2, 0.25) is 11.8 Å². The average Bonchev–Trinajstić information content (AvgIpc) is 2.59. The van der Waals surface area contributed by atoms with Crippen LogP contribution < -0.4 is 0 Å². The summed E-state index contributed by atoms with van der Waals surface area (Å²) >= 11 is 3.04. The number of β-amino-alcohol motifs (C(OH)–C–C–N with tert-alkyl or cyclic N) is 1. The Morgan fingerprint density at radius 3 is 2.35 bits per heavy atom. The van der Waals surface area contributed by atoms with Crippen molar-refractivity contribution >= 4 is 27.7 Å². The Morgan fingerprint density at radius 1 is 1.30 bits per heavy atom. The van der Waals surface area contributed by atoms with Crippen molar-refractivity contribution in [1.29, 1.82) is 0 Å². The molecule has 2 amide bonds. The molecule has 0 saturated carbocycles. The van der Waals surface area contributed by atoms with Crippen LogP contribution in [-0.2, 0) is 9.59 Å². The predicted octanol–water partition coefficient (Wildman–Crippen LogP) is 2.26. The van der Waals surface area contributed by atoms with Crippen molar-refractivity contribution < 1.29 is 19.1 Å². The van der Waals surface area contributed by atoms with Gasteiger partial charge in [-0.05, 0) is 33.6 Å². The number of carbonyl (C=O) groups is 2. The highest BCUT2D eigenvalue weighted by molar-refractivity contribution is 9.10. The van der Waals surface area contributed by atoms with Crippen molar-refractivity contribution in [2.75, 3.05) is 6.54 Å². The lowest BCUT2D eigenvalue weighted by atomic mass is 10.00. The van der Waals surface area contributed by atoms with Crippen LogP contribution in [0.4, 0.5) is 4.39 Å². The van der Waals surface area contributed by atoms with Gasteiger partial charge >= 0.3 is 0 Å². The first kappa shape index (κ1) is 15.1. The van der Waals surface area contributed by atoms with Crippen molar-refractivity contribution in [1.82, 2.24) is 4.90 Å². The number of likely N-dealkylation sites (tertiary alicyclic amines) is 1. The first-order chi connectivity index (χ1) is 9.32. The van der Waals surface area contributed by atoms with Gasteiger partial charge in [-0.25, -0.2) is 4.39 Å². The highest BCUT2D eigenvalue weighted by atomic mass is 79.9.